The van der Waals surface area contributed by atoms with Crippen molar-refractivity contribution >= 4 is 5.91 Å². The van der Waals surface area contributed by atoms with Crippen molar-refractivity contribution in [2.24, 2.45) is 0 Å². The molecule has 5 heteroatoms. The number of nitrogens with zero attached hydrogens (tertiary/aromatic N) is 1. The lowest BCUT2D eigenvalue weighted by Crippen LogP contribution is -2.38. The van der Waals surface area contributed by atoms with Gasteiger partial charge in [0.1, 0.15) is 12.4 Å². The SMILES string of the molecule is CC(C)c1ccc(CCC(=O)NCc2cccc(OCCN(C)C3CCOCC3)c2)cc1. The Kier molecular flexibility index (Phi) is 9.57. The molecule has 1 heterocycles. The van der Waals surface area contributed by atoms with E-state index in [1.54, 1.807) is 0 Å². The van der Waals surface area contributed by atoms with Gasteiger partial charge in [0, 0.05) is 38.8 Å². The fourth-order valence-corrected chi connectivity index (χ4v) is 3.98. The molecule has 1 N–H and O–H groups in total. The third-order valence-corrected chi connectivity index (χ3v) is 6.20. The molecule has 1 saturated heterocycles. The minimum atomic E-state index is 0.0716. The summed E-state index contributed by atoms with van der Waals surface area (Å²) in [6, 6.07) is 17.1. The number of hydrogen-bond acceptors (Lipinski definition) is 4. The average Bonchev–Trinajstić information content (AvgIpc) is 2.82. The van der Waals surface area contributed by atoms with E-state index in [9.17, 15) is 4.79 Å². The highest BCUT2D eigenvalue weighted by atomic mass is 16.5. The van der Waals surface area contributed by atoms with Gasteiger partial charge in [-0.15, -0.1) is 0 Å². The second-order valence-electron chi connectivity index (χ2n) is 8.99. The van der Waals surface area contributed by atoms with Crippen LogP contribution in [0.1, 0.15) is 55.7 Å². The summed E-state index contributed by atoms with van der Waals surface area (Å²) < 4.78 is 11.4. The molecule has 0 radical (unpaired) electrons. The van der Waals surface area contributed by atoms with E-state index in [0.717, 1.165) is 50.3 Å². The summed E-state index contributed by atoms with van der Waals surface area (Å²) >= 11 is 0. The van der Waals surface area contributed by atoms with Gasteiger partial charge < -0.3 is 14.8 Å². The fraction of sp³-hybridized carbons (Fsp3) is 0.519. The number of amides is 1. The second-order valence-corrected chi connectivity index (χ2v) is 8.99. The van der Waals surface area contributed by atoms with Crippen LogP contribution in [0.3, 0.4) is 0 Å². The average molecular weight is 439 g/mol. The Morgan fingerprint density at radius 2 is 1.88 bits per heavy atom. The van der Waals surface area contributed by atoms with E-state index in [-0.39, 0.29) is 5.91 Å². The van der Waals surface area contributed by atoms with Gasteiger partial charge in [0.2, 0.25) is 5.91 Å². The lowest BCUT2D eigenvalue weighted by molar-refractivity contribution is -0.121. The summed E-state index contributed by atoms with van der Waals surface area (Å²) in [6.07, 6.45) is 3.44. The molecule has 0 aliphatic carbocycles. The topological polar surface area (TPSA) is 50.8 Å². The zero-order chi connectivity index (χ0) is 22.8. The van der Waals surface area contributed by atoms with E-state index >= 15 is 0 Å². The molecule has 2 aromatic carbocycles. The van der Waals surface area contributed by atoms with Gasteiger partial charge in [-0.3, -0.25) is 9.69 Å². The Balaban J connectivity index is 1.36. The number of benzene rings is 2. The first-order valence-electron chi connectivity index (χ1n) is 11.9. The van der Waals surface area contributed by atoms with E-state index in [2.05, 4.69) is 55.4 Å². The monoisotopic (exact) mass is 438 g/mol. The van der Waals surface area contributed by atoms with Gasteiger partial charge in [0.15, 0.2) is 0 Å². The fourth-order valence-electron chi connectivity index (χ4n) is 3.98. The van der Waals surface area contributed by atoms with Crippen LogP contribution >= 0.6 is 0 Å². The number of likely N-dealkylation sites (N-methyl/N-ethyl adjacent to an activating group) is 1. The number of carbonyl (C=O) groups excluding carboxylic acids is 1. The van der Waals surface area contributed by atoms with Crippen molar-refractivity contribution in [3.63, 3.8) is 0 Å². The summed E-state index contributed by atoms with van der Waals surface area (Å²) in [4.78, 5) is 14.7. The summed E-state index contributed by atoms with van der Waals surface area (Å²) in [5, 5.41) is 3.03. The molecule has 1 amide bonds. The van der Waals surface area contributed by atoms with Crippen molar-refractivity contribution in [2.45, 2.75) is 58.0 Å². The summed E-state index contributed by atoms with van der Waals surface area (Å²) in [5.41, 5.74) is 3.58. The molecule has 1 fully saturated rings. The van der Waals surface area contributed by atoms with Gasteiger partial charge in [-0.25, -0.2) is 0 Å². The maximum atomic E-state index is 12.3. The molecule has 0 aromatic heterocycles. The first kappa shape index (κ1) is 24.3. The first-order chi connectivity index (χ1) is 15.5. The molecule has 0 bridgehead atoms. The van der Waals surface area contributed by atoms with Gasteiger partial charge in [-0.2, -0.15) is 0 Å². The number of aryl methyl sites for hydroxylation is 1. The molecular formula is C27H38N2O3. The molecule has 32 heavy (non-hydrogen) atoms. The maximum absolute atomic E-state index is 12.3. The Hall–Kier alpha value is -2.37. The van der Waals surface area contributed by atoms with Crippen LogP contribution in [0, 0.1) is 0 Å². The maximum Gasteiger partial charge on any atom is 0.220 e. The Bertz CT molecular complexity index is 829. The van der Waals surface area contributed by atoms with Gasteiger partial charge in [0.25, 0.3) is 0 Å². The minimum absolute atomic E-state index is 0.0716. The molecule has 0 spiro atoms. The van der Waals surface area contributed by atoms with E-state index < -0.39 is 0 Å². The van der Waals surface area contributed by atoms with E-state index in [1.807, 2.05) is 24.3 Å². The van der Waals surface area contributed by atoms with E-state index in [4.69, 9.17) is 9.47 Å². The minimum Gasteiger partial charge on any atom is -0.492 e. The molecule has 3 rings (SSSR count). The summed E-state index contributed by atoms with van der Waals surface area (Å²) in [7, 11) is 2.16. The predicted molar refractivity (Wildman–Crippen MR) is 129 cm³/mol. The molecule has 2 aromatic rings. The number of hydrogen-bond donors (Lipinski definition) is 1. The van der Waals surface area contributed by atoms with Crippen LogP contribution in [0.2, 0.25) is 0 Å². The highest BCUT2D eigenvalue weighted by Gasteiger charge is 2.18. The zero-order valence-corrected chi connectivity index (χ0v) is 19.8. The molecule has 1 aliphatic rings. The highest BCUT2D eigenvalue weighted by molar-refractivity contribution is 5.76. The number of carbonyl (C=O) groups is 1. The Morgan fingerprint density at radius 1 is 1.12 bits per heavy atom. The van der Waals surface area contributed by atoms with Crippen molar-refractivity contribution < 1.29 is 14.3 Å². The summed E-state index contributed by atoms with van der Waals surface area (Å²) in [6.45, 7) is 8.15. The van der Waals surface area contributed by atoms with Crippen molar-refractivity contribution in [3.8, 4) is 5.75 Å². The normalized spacial score (nSPS) is 14.7. The molecule has 174 valence electrons. The van der Waals surface area contributed by atoms with E-state index in [0.29, 0.717) is 31.5 Å². The van der Waals surface area contributed by atoms with Gasteiger partial charge in [-0.1, -0.05) is 50.2 Å². The van der Waals surface area contributed by atoms with Crippen molar-refractivity contribution in [1.82, 2.24) is 10.2 Å². The third-order valence-electron chi connectivity index (χ3n) is 6.20. The molecular weight excluding hydrogens is 400 g/mol. The molecule has 0 unspecified atom stereocenters. The van der Waals surface area contributed by atoms with Crippen LogP contribution in [-0.2, 0) is 22.5 Å². The van der Waals surface area contributed by atoms with Crippen LogP contribution in [0.4, 0.5) is 0 Å². The van der Waals surface area contributed by atoms with Gasteiger partial charge in [-0.05, 0) is 61.1 Å². The van der Waals surface area contributed by atoms with Gasteiger partial charge in [0.05, 0.1) is 0 Å². The predicted octanol–water partition coefficient (Wildman–Crippen LogP) is 4.55. The number of rotatable bonds is 11. The smallest absolute Gasteiger partial charge is 0.220 e. The highest BCUT2D eigenvalue weighted by Crippen LogP contribution is 2.17. The molecule has 0 saturated carbocycles. The molecule has 0 atom stereocenters. The van der Waals surface area contributed by atoms with Crippen LogP contribution in [0.25, 0.3) is 0 Å². The largest absolute Gasteiger partial charge is 0.492 e. The van der Waals surface area contributed by atoms with Crippen LogP contribution < -0.4 is 10.1 Å². The van der Waals surface area contributed by atoms with Crippen molar-refractivity contribution in [2.75, 3.05) is 33.4 Å². The molecule has 5 nitrogen and oxygen atoms in total. The van der Waals surface area contributed by atoms with Crippen LogP contribution in [-0.4, -0.2) is 50.3 Å². The Morgan fingerprint density at radius 3 is 2.59 bits per heavy atom. The van der Waals surface area contributed by atoms with Crippen molar-refractivity contribution in [3.05, 3.63) is 65.2 Å². The quantitative estimate of drug-likeness (QED) is 0.559. The molecule has 1 aliphatic heterocycles. The Labute approximate surface area is 193 Å². The van der Waals surface area contributed by atoms with Crippen molar-refractivity contribution in [1.29, 1.82) is 0 Å². The number of nitrogens with one attached hydrogen (secondary N) is 1. The van der Waals surface area contributed by atoms with Crippen LogP contribution in [0.15, 0.2) is 48.5 Å². The lowest BCUT2D eigenvalue weighted by atomic mass is 10.0. The number of ether oxygens (including phenoxy) is 2. The zero-order valence-electron chi connectivity index (χ0n) is 19.8. The lowest BCUT2D eigenvalue weighted by Gasteiger charge is -2.31. The van der Waals surface area contributed by atoms with Crippen LogP contribution in [0.5, 0.6) is 5.75 Å². The van der Waals surface area contributed by atoms with Gasteiger partial charge >= 0.3 is 0 Å². The second kappa shape index (κ2) is 12.6. The van der Waals surface area contributed by atoms with E-state index in [1.165, 1.54) is 11.1 Å². The summed E-state index contributed by atoms with van der Waals surface area (Å²) in [5.74, 6) is 1.45. The third kappa shape index (κ3) is 7.95. The first-order valence-corrected chi connectivity index (χ1v) is 11.9. The standard InChI is InChI=1S/C27H38N2O3/c1-21(2)24-10-7-22(8-11-24)9-12-27(30)28-20-23-5-4-6-26(19-23)32-18-15-29(3)25-13-16-31-17-14-25/h4-8,10-11,19,21,25H,9,12-18,20H2,1-3H3,(H,28,30).